The molecule has 1 aromatic heterocycles. The lowest BCUT2D eigenvalue weighted by molar-refractivity contribution is 0.184. The van der Waals surface area contributed by atoms with Gasteiger partial charge in [-0.25, -0.2) is 4.99 Å². The minimum absolute atomic E-state index is 0.676. The first-order valence-electron chi connectivity index (χ1n) is 10.9. The first-order valence-corrected chi connectivity index (χ1v) is 10.9. The molecule has 6 nitrogen and oxygen atoms in total. The van der Waals surface area contributed by atoms with Gasteiger partial charge in [0.1, 0.15) is 0 Å². The highest BCUT2D eigenvalue weighted by atomic mass is 15.3. The van der Waals surface area contributed by atoms with Crippen molar-refractivity contribution < 1.29 is 0 Å². The molecule has 6 heteroatoms. The van der Waals surface area contributed by atoms with Crippen molar-refractivity contribution in [2.45, 2.75) is 64.7 Å². The predicted molar refractivity (Wildman–Crippen MR) is 120 cm³/mol. The Balaban J connectivity index is 1.63. The fraction of sp³-hybridized carbons (Fsp3) is 0.565. The van der Waals surface area contributed by atoms with Crippen LogP contribution in [0.2, 0.25) is 0 Å². The minimum atomic E-state index is 0.676. The summed E-state index contributed by atoms with van der Waals surface area (Å²) in [5, 5.41) is 11.0. The molecular weight excluding hydrogens is 360 g/mol. The topological polar surface area (TPSA) is 57.5 Å². The van der Waals surface area contributed by atoms with Crippen LogP contribution in [-0.4, -0.2) is 40.3 Å². The quantitative estimate of drug-likeness (QED) is 0.530. The Labute approximate surface area is 175 Å². The van der Waals surface area contributed by atoms with Crippen LogP contribution >= 0.6 is 0 Å². The van der Waals surface area contributed by atoms with Crippen LogP contribution in [0.1, 0.15) is 55.8 Å². The molecule has 0 aliphatic heterocycles. The van der Waals surface area contributed by atoms with Crippen molar-refractivity contribution in [2.75, 3.05) is 13.6 Å². The van der Waals surface area contributed by atoms with E-state index in [2.05, 4.69) is 58.9 Å². The summed E-state index contributed by atoms with van der Waals surface area (Å²) in [5.41, 5.74) is 3.81. The molecule has 1 heterocycles. The molecule has 1 aromatic carbocycles. The van der Waals surface area contributed by atoms with Gasteiger partial charge in [0, 0.05) is 32.4 Å². The van der Waals surface area contributed by atoms with E-state index in [1.807, 2.05) is 24.0 Å². The van der Waals surface area contributed by atoms with Crippen LogP contribution in [-0.2, 0) is 26.7 Å². The van der Waals surface area contributed by atoms with E-state index in [4.69, 9.17) is 4.99 Å². The summed E-state index contributed by atoms with van der Waals surface area (Å²) in [7, 11) is 4.23. The molecule has 0 bridgehead atoms. The van der Waals surface area contributed by atoms with Gasteiger partial charge in [-0.1, -0.05) is 43.5 Å². The number of hydrogen-bond acceptors (Lipinski definition) is 3. The summed E-state index contributed by atoms with van der Waals surface area (Å²) >= 11 is 0. The molecule has 158 valence electrons. The van der Waals surface area contributed by atoms with Gasteiger partial charge in [-0.05, 0) is 44.0 Å². The zero-order chi connectivity index (χ0) is 20.5. The maximum atomic E-state index is 4.84. The van der Waals surface area contributed by atoms with E-state index in [9.17, 15) is 0 Å². The second-order valence-electron chi connectivity index (χ2n) is 7.97. The number of nitrogens with zero attached hydrogens (tertiary/aromatic N) is 4. The molecule has 2 aromatic rings. The molecule has 2 N–H and O–H groups in total. The number of hydrogen-bond donors (Lipinski definition) is 2. The number of nitrogens with one attached hydrogen (secondary N) is 2. The Hall–Kier alpha value is -2.34. The van der Waals surface area contributed by atoms with Crippen molar-refractivity contribution in [1.29, 1.82) is 0 Å². The standard InChI is InChI=1S/C23H36N6/c1-4-24-23(26-17-22-14-15-27-29(22)3)25-16-19-10-8-9-11-20(19)18-28(2)21-12-6-5-7-13-21/h8-11,14-15,21H,4-7,12-13,16-18H2,1-3H3,(H2,24,25,26). The predicted octanol–water partition coefficient (Wildman–Crippen LogP) is 3.44. The van der Waals surface area contributed by atoms with Gasteiger partial charge in [0.05, 0.1) is 18.8 Å². The van der Waals surface area contributed by atoms with Crippen molar-refractivity contribution in [1.82, 2.24) is 25.3 Å². The van der Waals surface area contributed by atoms with Gasteiger partial charge >= 0.3 is 0 Å². The molecule has 0 spiro atoms. The van der Waals surface area contributed by atoms with Gasteiger partial charge in [0.25, 0.3) is 0 Å². The Bertz CT molecular complexity index is 775. The Morgan fingerprint density at radius 3 is 2.59 bits per heavy atom. The lowest BCUT2D eigenvalue weighted by Crippen LogP contribution is -2.37. The largest absolute Gasteiger partial charge is 0.357 e. The Kier molecular flexibility index (Phi) is 8.11. The summed E-state index contributed by atoms with van der Waals surface area (Å²) in [6, 6.07) is 11.5. The monoisotopic (exact) mass is 396 g/mol. The highest BCUT2D eigenvalue weighted by Crippen LogP contribution is 2.23. The highest BCUT2D eigenvalue weighted by molar-refractivity contribution is 5.79. The van der Waals surface area contributed by atoms with E-state index in [1.54, 1.807) is 0 Å². The average Bonchev–Trinajstić information content (AvgIpc) is 3.16. The first kappa shape index (κ1) is 21.4. The molecule has 1 saturated carbocycles. The molecule has 0 atom stereocenters. The Morgan fingerprint density at radius 2 is 1.90 bits per heavy atom. The van der Waals surface area contributed by atoms with Crippen LogP contribution in [0, 0.1) is 0 Å². The summed E-state index contributed by atoms with van der Waals surface area (Å²) in [6.07, 6.45) is 8.62. The molecule has 1 aliphatic carbocycles. The molecule has 0 radical (unpaired) electrons. The summed E-state index contributed by atoms with van der Waals surface area (Å²) in [5.74, 6) is 0.837. The van der Waals surface area contributed by atoms with E-state index in [-0.39, 0.29) is 0 Å². The number of aryl methyl sites for hydroxylation is 1. The van der Waals surface area contributed by atoms with Gasteiger partial charge in [-0.15, -0.1) is 0 Å². The van der Waals surface area contributed by atoms with Gasteiger partial charge in [0.15, 0.2) is 5.96 Å². The second-order valence-corrected chi connectivity index (χ2v) is 7.97. The smallest absolute Gasteiger partial charge is 0.191 e. The van der Waals surface area contributed by atoms with Crippen molar-refractivity contribution >= 4 is 5.96 Å². The van der Waals surface area contributed by atoms with Crippen molar-refractivity contribution in [3.63, 3.8) is 0 Å². The van der Waals surface area contributed by atoms with E-state index in [0.717, 1.165) is 30.8 Å². The van der Waals surface area contributed by atoms with Crippen molar-refractivity contribution in [3.8, 4) is 0 Å². The molecule has 3 rings (SSSR count). The molecule has 0 saturated heterocycles. The summed E-state index contributed by atoms with van der Waals surface area (Å²) < 4.78 is 1.88. The number of aliphatic imine (C=N–C) groups is 1. The molecule has 0 unspecified atom stereocenters. The van der Waals surface area contributed by atoms with E-state index < -0.39 is 0 Å². The normalized spacial score (nSPS) is 15.7. The van der Waals surface area contributed by atoms with Gasteiger partial charge in [-0.2, -0.15) is 5.10 Å². The molecule has 1 fully saturated rings. The molecule has 29 heavy (non-hydrogen) atoms. The maximum Gasteiger partial charge on any atom is 0.191 e. The van der Waals surface area contributed by atoms with Gasteiger partial charge in [0.2, 0.25) is 0 Å². The van der Waals surface area contributed by atoms with E-state index in [1.165, 1.54) is 43.2 Å². The number of guanidine groups is 1. The zero-order valence-corrected chi connectivity index (χ0v) is 18.2. The van der Waals surface area contributed by atoms with Crippen molar-refractivity contribution in [3.05, 3.63) is 53.3 Å². The highest BCUT2D eigenvalue weighted by Gasteiger charge is 2.18. The minimum Gasteiger partial charge on any atom is -0.357 e. The van der Waals surface area contributed by atoms with Gasteiger partial charge < -0.3 is 10.6 Å². The van der Waals surface area contributed by atoms with Crippen molar-refractivity contribution in [2.24, 2.45) is 12.0 Å². The van der Waals surface area contributed by atoms with Crippen LogP contribution in [0.3, 0.4) is 0 Å². The number of aromatic nitrogens is 2. The van der Waals surface area contributed by atoms with E-state index in [0.29, 0.717) is 13.1 Å². The third kappa shape index (κ3) is 6.32. The van der Waals surface area contributed by atoms with Gasteiger partial charge in [-0.3, -0.25) is 9.58 Å². The third-order valence-corrected chi connectivity index (χ3v) is 5.85. The van der Waals surface area contributed by atoms with Crippen LogP contribution in [0.25, 0.3) is 0 Å². The number of rotatable bonds is 8. The summed E-state index contributed by atoms with van der Waals surface area (Å²) in [6.45, 7) is 5.30. The lowest BCUT2D eigenvalue weighted by atomic mass is 9.94. The maximum absolute atomic E-state index is 4.84. The SMILES string of the molecule is CCNC(=NCc1ccccc1CN(C)C1CCCCC1)NCc1ccnn1C. The summed E-state index contributed by atoms with van der Waals surface area (Å²) in [4.78, 5) is 7.37. The van der Waals surface area contributed by atoms with E-state index >= 15 is 0 Å². The van der Waals surface area contributed by atoms with Crippen LogP contribution in [0.5, 0.6) is 0 Å². The van der Waals surface area contributed by atoms with Crippen LogP contribution in [0.15, 0.2) is 41.5 Å². The zero-order valence-electron chi connectivity index (χ0n) is 18.2. The average molecular weight is 397 g/mol. The first-order chi connectivity index (χ1) is 14.2. The molecule has 0 amide bonds. The molecule has 1 aliphatic rings. The fourth-order valence-electron chi connectivity index (χ4n) is 4.04. The number of benzene rings is 1. The fourth-order valence-corrected chi connectivity index (χ4v) is 4.04. The second kappa shape index (κ2) is 11.0. The third-order valence-electron chi connectivity index (χ3n) is 5.85. The lowest BCUT2D eigenvalue weighted by Gasteiger charge is -2.31. The molecular formula is C23H36N6. The Morgan fingerprint density at radius 1 is 1.14 bits per heavy atom. The van der Waals surface area contributed by atoms with Crippen LogP contribution < -0.4 is 10.6 Å². The van der Waals surface area contributed by atoms with Crippen LogP contribution in [0.4, 0.5) is 0 Å².